The van der Waals surface area contributed by atoms with Crippen LogP contribution in [0.5, 0.6) is 0 Å². The fraction of sp³-hybridized carbons (Fsp3) is 0.706. The highest BCUT2D eigenvalue weighted by Crippen LogP contribution is 2.20. The minimum atomic E-state index is -1.66. The van der Waals surface area contributed by atoms with Crippen LogP contribution in [0.25, 0.3) is 0 Å². The Morgan fingerprint density at radius 3 is 1.71 bits per heavy atom. The number of amides is 12. The largest absolute Gasteiger partial charge is 0.394 e. The van der Waals surface area contributed by atoms with E-state index in [-0.39, 0.29) is 57.5 Å². The Hall–Kier alpha value is -7.00. The average molecular weight is 1190 g/mol. The SMILES string of the molecule is CC(C)[C@H](NC(=O)[C@@H](NC(=O)[C@H](C)NC(=O)[C@@H]1CCCN1C(=O)[C@H](C)NC(=O)[C@@H](N)Cc1cnc[nH]1)[C@@H](C)O)C(=O)N[C@@H](CS)C(=O)NCC(=O)N1CCC[C@H]1C(=O)N[C@@H](CCCCN)C(=O)N[C@@H](CCCCN)C(=O)N[C@@H](CO)C(N)=O. The van der Waals surface area contributed by atoms with E-state index >= 15 is 0 Å². The third kappa shape index (κ3) is 21.9. The summed E-state index contributed by atoms with van der Waals surface area (Å²) in [7, 11) is 0. The third-order valence-corrected chi connectivity index (χ3v) is 14.4. The van der Waals surface area contributed by atoms with Crippen molar-refractivity contribution in [2.24, 2.45) is 28.9 Å². The van der Waals surface area contributed by atoms with Gasteiger partial charge in [-0.25, -0.2) is 4.98 Å². The molecule has 0 bridgehead atoms. The van der Waals surface area contributed by atoms with Gasteiger partial charge in [0.25, 0.3) is 0 Å². The molecule has 0 saturated carbocycles. The molecule has 2 saturated heterocycles. The number of aliphatic hydroxyl groups excluding tert-OH is 2. The second-order valence-electron chi connectivity index (χ2n) is 21.0. The van der Waals surface area contributed by atoms with Crippen LogP contribution >= 0.6 is 12.6 Å². The second-order valence-corrected chi connectivity index (χ2v) is 21.4. The molecule has 0 spiro atoms. The van der Waals surface area contributed by atoms with Gasteiger partial charge in [-0.3, -0.25) is 57.5 Å². The number of hydrogen-bond acceptors (Lipinski definition) is 19. The van der Waals surface area contributed by atoms with Gasteiger partial charge in [0.1, 0.15) is 60.4 Å². The number of nitrogens with two attached hydrogens (primary N) is 4. The topological polar surface area (TPSA) is 493 Å². The minimum absolute atomic E-state index is 0.0987. The van der Waals surface area contributed by atoms with Gasteiger partial charge in [-0.05, 0) is 104 Å². The molecule has 83 heavy (non-hydrogen) atoms. The van der Waals surface area contributed by atoms with E-state index < -0.39 is 163 Å². The molecule has 3 rings (SSSR count). The van der Waals surface area contributed by atoms with E-state index in [2.05, 4.69) is 70.4 Å². The predicted molar refractivity (Wildman–Crippen MR) is 302 cm³/mol. The number of likely N-dealkylation sites (tertiary alicyclic amines) is 2. The van der Waals surface area contributed by atoms with Crippen LogP contribution in [0, 0.1) is 5.92 Å². The maximum atomic E-state index is 13.8. The van der Waals surface area contributed by atoms with E-state index in [0.29, 0.717) is 50.8 Å². The number of primary amides is 1. The maximum absolute atomic E-state index is 13.8. The van der Waals surface area contributed by atoms with Gasteiger partial charge in [0.15, 0.2) is 0 Å². The van der Waals surface area contributed by atoms with Crippen LogP contribution in [0.4, 0.5) is 0 Å². The second kappa shape index (κ2) is 35.2. The molecule has 20 N–H and O–H groups in total. The van der Waals surface area contributed by atoms with E-state index in [1.54, 1.807) is 13.8 Å². The van der Waals surface area contributed by atoms with Gasteiger partial charge < -0.3 is 95.8 Å². The first kappa shape index (κ1) is 70.3. The first-order chi connectivity index (χ1) is 39.3. The number of nitrogens with one attached hydrogen (secondary N) is 10. The summed E-state index contributed by atoms with van der Waals surface area (Å²) in [6, 6.07) is -13.6. The lowest BCUT2D eigenvalue weighted by Gasteiger charge is -2.29. The summed E-state index contributed by atoms with van der Waals surface area (Å²) in [6.45, 7) is 6.64. The Bertz CT molecular complexity index is 2380. The molecule has 1 aromatic rings. The number of thiol groups is 1. The summed E-state index contributed by atoms with van der Waals surface area (Å²) in [5, 5.41) is 42.8. The van der Waals surface area contributed by atoms with Gasteiger partial charge in [0.05, 0.1) is 31.6 Å². The number of rotatable bonds is 35. The summed E-state index contributed by atoms with van der Waals surface area (Å²) in [5.41, 5.74) is 23.2. The number of hydrogen-bond donors (Lipinski definition) is 17. The molecule has 2 aliphatic rings. The van der Waals surface area contributed by atoms with E-state index in [1.165, 1.54) is 43.1 Å². The number of aromatic nitrogens is 2. The monoisotopic (exact) mass is 1190 g/mol. The summed E-state index contributed by atoms with van der Waals surface area (Å²) < 4.78 is 0. The van der Waals surface area contributed by atoms with E-state index in [9.17, 15) is 67.7 Å². The number of nitrogens with zero attached hydrogens (tertiary/aromatic N) is 3. The zero-order chi connectivity index (χ0) is 62.1. The molecule has 12 amide bonds. The number of H-pyrrole nitrogens is 1. The fourth-order valence-electron chi connectivity index (χ4n) is 9.22. The molecule has 12 atom stereocenters. The van der Waals surface area contributed by atoms with Gasteiger partial charge in [-0.15, -0.1) is 0 Å². The van der Waals surface area contributed by atoms with Gasteiger partial charge in [-0.2, -0.15) is 12.6 Å². The first-order valence-electron chi connectivity index (χ1n) is 27.9. The highest BCUT2D eigenvalue weighted by molar-refractivity contribution is 7.80. The van der Waals surface area contributed by atoms with Crippen molar-refractivity contribution in [2.45, 2.75) is 178 Å². The number of carbonyl (C=O) groups is 12. The van der Waals surface area contributed by atoms with Crippen molar-refractivity contribution in [3.8, 4) is 0 Å². The number of imidazole rings is 1. The minimum Gasteiger partial charge on any atom is -0.394 e. The molecule has 1 aromatic heterocycles. The Kier molecular flexibility index (Phi) is 29.8. The average Bonchev–Trinajstić information content (AvgIpc) is 4.39. The Morgan fingerprint density at radius 2 is 1.18 bits per heavy atom. The van der Waals surface area contributed by atoms with Crippen LogP contribution in [-0.2, 0) is 64.0 Å². The van der Waals surface area contributed by atoms with Gasteiger partial charge in [-0.1, -0.05) is 13.8 Å². The zero-order valence-corrected chi connectivity index (χ0v) is 48.7. The smallest absolute Gasteiger partial charge is 0.245 e. The highest BCUT2D eigenvalue weighted by Gasteiger charge is 2.40. The number of carbonyl (C=O) groups excluding carboxylic acids is 12. The van der Waals surface area contributed by atoms with Crippen LogP contribution in [0.3, 0.4) is 0 Å². The molecule has 2 fully saturated rings. The van der Waals surface area contributed by atoms with E-state index in [0.717, 1.165) is 0 Å². The van der Waals surface area contributed by atoms with Crippen molar-refractivity contribution < 1.29 is 67.7 Å². The van der Waals surface area contributed by atoms with Crippen LogP contribution < -0.4 is 70.8 Å². The Morgan fingerprint density at radius 1 is 0.651 bits per heavy atom. The zero-order valence-electron chi connectivity index (χ0n) is 47.8. The molecular weight excluding hydrogens is 1110 g/mol. The van der Waals surface area contributed by atoms with Crippen molar-refractivity contribution in [3.63, 3.8) is 0 Å². The normalized spacial score (nSPS) is 18.6. The molecule has 466 valence electrons. The van der Waals surface area contributed by atoms with E-state index in [1.807, 2.05) is 0 Å². The van der Waals surface area contributed by atoms with E-state index in [4.69, 9.17) is 22.9 Å². The number of unbranched alkanes of at least 4 members (excludes halogenated alkanes) is 2. The van der Waals surface area contributed by atoms with Gasteiger partial charge in [0, 0.05) is 37.2 Å². The lowest BCUT2D eigenvalue weighted by molar-refractivity contribution is -0.142. The molecule has 0 unspecified atom stereocenters. The van der Waals surface area contributed by atoms with Crippen molar-refractivity contribution >= 4 is 83.5 Å². The summed E-state index contributed by atoms with van der Waals surface area (Å²) in [6.07, 6.45) is 4.84. The summed E-state index contributed by atoms with van der Waals surface area (Å²) in [4.78, 5) is 169. The van der Waals surface area contributed by atoms with Crippen molar-refractivity contribution in [3.05, 3.63) is 18.2 Å². The molecule has 0 radical (unpaired) electrons. The van der Waals surface area contributed by atoms with Crippen molar-refractivity contribution in [2.75, 3.05) is 45.1 Å². The van der Waals surface area contributed by atoms with Crippen molar-refractivity contribution in [1.29, 1.82) is 0 Å². The van der Waals surface area contributed by atoms with Crippen LogP contribution in [0.1, 0.15) is 105 Å². The molecule has 31 nitrogen and oxygen atoms in total. The quantitative estimate of drug-likeness (QED) is 0.0222. The molecule has 3 heterocycles. The Balaban J connectivity index is 1.60. The van der Waals surface area contributed by atoms with Crippen LogP contribution in [-0.4, -0.2) is 219 Å². The molecule has 0 aromatic carbocycles. The van der Waals surface area contributed by atoms with Crippen molar-refractivity contribution in [1.82, 2.24) is 67.6 Å². The highest BCUT2D eigenvalue weighted by atomic mass is 32.1. The first-order valence-corrected chi connectivity index (χ1v) is 28.6. The molecular formula is C51H87N17O14S. The molecule has 32 heteroatoms. The Labute approximate surface area is 487 Å². The van der Waals surface area contributed by atoms with Crippen LogP contribution in [0.15, 0.2) is 12.5 Å². The number of aromatic amines is 1. The lowest BCUT2D eigenvalue weighted by atomic mass is 10.0. The predicted octanol–water partition coefficient (Wildman–Crippen LogP) is -7.00. The summed E-state index contributed by atoms with van der Waals surface area (Å²) >= 11 is 4.22. The number of aliphatic hydroxyl groups is 2. The van der Waals surface area contributed by atoms with Gasteiger partial charge >= 0.3 is 0 Å². The van der Waals surface area contributed by atoms with Gasteiger partial charge in [0.2, 0.25) is 70.9 Å². The standard InChI is InChI=1S/C51H87N17O14S/c1-26(2)39(65-50(81)40(29(5)70)66-42(73)27(3)59-47(78)37-15-11-19-68(37)51(82)28(4)60-43(74)31(54)20-30-21-56-25-58-30)49(80)64-35(24-83)44(75)57-22-38(71)67-18-10-14-36(67)48(79)62-33(13-7-9-17-53)45(76)61-32(12-6-8-16-52)46(77)63-34(23-69)41(55)72/h21,25-29,31-37,39-40,69-70,83H,6-20,22-24,52-54H2,1-5H3,(H2,55,72)(H,56,58)(H,57,75)(H,59,78)(H,60,74)(H,61,76)(H,62,79)(H,63,77)(H,64,80)(H,65,81)(H,66,73)/t27-,28-,29+,31-,32-,33-,34-,35-,36-,37-,39-,40-/m0/s1. The fourth-order valence-corrected chi connectivity index (χ4v) is 9.48. The molecule has 2 aliphatic heterocycles. The lowest BCUT2D eigenvalue weighted by Crippen LogP contribution is -2.62. The summed E-state index contributed by atoms with van der Waals surface area (Å²) in [5.74, 6) is -10.3. The molecule has 0 aliphatic carbocycles. The van der Waals surface area contributed by atoms with Crippen LogP contribution in [0.2, 0.25) is 0 Å². The third-order valence-electron chi connectivity index (χ3n) is 14.1. The maximum Gasteiger partial charge on any atom is 0.245 e.